The molecule has 1 amide bonds. The highest BCUT2D eigenvalue weighted by atomic mass is 32.2. The van der Waals surface area contributed by atoms with Gasteiger partial charge in [-0.15, -0.1) is 0 Å². The standard InChI is InChI=1S/C10H20N2OS/c1-11-6-5-10(13)12-8-3-4-9(7-8)14-2/h8-9,11H,3-7H2,1-2H3,(H,12,13). The van der Waals surface area contributed by atoms with Crippen LogP contribution in [-0.2, 0) is 4.79 Å². The van der Waals surface area contributed by atoms with Crippen LogP contribution in [0.5, 0.6) is 0 Å². The van der Waals surface area contributed by atoms with E-state index in [2.05, 4.69) is 16.9 Å². The third-order valence-corrected chi connectivity index (χ3v) is 3.78. The molecule has 0 aromatic carbocycles. The van der Waals surface area contributed by atoms with Crippen molar-refractivity contribution in [3.63, 3.8) is 0 Å². The number of thioether (sulfide) groups is 1. The molecule has 14 heavy (non-hydrogen) atoms. The molecule has 0 heterocycles. The van der Waals surface area contributed by atoms with E-state index in [1.807, 2.05) is 18.8 Å². The Kier molecular flexibility index (Phi) is 5.33. The van der Waals surface area contributed by atoms with Gasteiger partial charge in [-0.05, 0) is 32.6 Å². The molecule has 1 rings (SSSR count). The summed E-state index contributed by atoms with van der Waals surface area (Å²) >= 11 is 1.92. The van der Waals surface area contributed by atoms with E-state index in [4.69, 9.17) is 0 Å². The Morgan fingerprint density at radius 2 is 2.29 bits per heavy atom. The van der Waals surface area contributed by atoms with Crippen LogP contribution in [0.2, 0.25) is 0 Å². The fourth-order valence-corrected chi connectivity index (χ4v) is 2.62. The Bertz CT molecular complexity index is 187. The highest BCUT2D eigenvalue weighted by Gasteiger charge is 2.24. The lowest BCUT2D eigenvalue weighted by Gasteiger charge is -2.12. The largest absolute Gasteiger partial charge is 0.353 e. The van der Waals surface area contributed by atoms with Crippen molar-refractivity contribution in [2.75, 3.05) is 19.8 Å². The van der Waals surface area contributed by atoms with Crippen LogP contribution in [0.4, 0.5) is 0 Å². The first-order chi connectivity index (χ1) is 6.76. The van der Waals surface area contributed by atoms with Gasteiger partial charge >= 0.3 is 0 Å². The van der Waals surface area contributed by atoms with E-state index in [0.29, 0.717) is 12.5 Å². The normalized spacial score (nSPS) is 26.4. The Balaban J connectivity index is 2.15. The SMILES string of the molecule is CNCCC(=O)NC1CCC(SC)C1. The lowest BCUT2D eigenvalue weighted by atomic mass is 10.2. The molecular weight excluding hydrogens is 196 g/mol. The van der Waals surface area contributed by atoms with Gasteiger partial charge in [-0.2, -0.15) is 11.8 Å². The van der Waals surface area contributed by atoms with Gasteiger partial charge in [0, 0.05) is 24.3 Å². The lowest BCUT2D eigenvalue weighted by molar-refractivity contribution is -0.121. The van der Waals surface area contributed by atoms with Gasteiger partial charge in [-0.1, -0.05) is 0 Å². The van der Waals surface area contributed by atoms with Crippen LogP contribution in [0.3, 0.4) is 0 Å². The number of amides is 1. The predicted octanol–water partition coefficient (Wildman–Crippen LogP) is 0.996. The van der Waals surface area contributed by atoms with Gasteiger partial charge in [0.25, 0.3) is 0 Å². The van der Waals surface area contributed by atoms with Crippen LogP contribution in [0.25, 0.3) is 0 Å². The first kappa shape index (κ1) is 11.9. The molecule has 0 aliphatic heterocycles. The summed E-state index contributed by atoms with van der Waals surface area (Å²) in [6.45, 7) is 0.768. The van der Waals surface area contributed by atoms with Gasteiger partial charge < -0.3 is 10.6 Å². The average Bonchev–Trinajstić information content (AvgIpc) is 2.62. The second kappa shape index (κ2) is 6.30. The summed E-state index contributed by atoms with van der Waals surface area (Å²) in [6.07, 6.45) is 6.29. The van der Waals surface area contributed by atoms with E-state index in [0.717, 1.165) is 24.6 Å². The number of hydrogen-bond donors (Lipinski definition) is 2. The molecule has 4 heteroatoms. The van der Waals surface area contributed by atoms with Crippen LogP contribution in [0.15, 0.2) is 0 Å². The summed E-state index contributed by atoms with van der Waals surface area (Å²) in [5.74, 6) is 0.186. The first-order valence-corrected chi connectivity index (χ1v) is 6.51. The van der Waals surface area contributed by atoms with Crippen LogP contribution >= 0.6 is 11.8 Å². The van der Waals surface area contributed by atoms with Gasteiger partial charge in [-0.3, -0.25) is 4.79 Å². The van der Waals surface area contributed by atoms with E-state index < -0.39 is 0 Å². The number of hydrogen-bond acceptors (Lipinski definition) is 3. The van der Waals surface area contributed by atoms with E-state index in [-0.39, 0.29) is 5.91 Å². The number of rotatable bonds is 5. The Hall–Kier alpha value is -0.220. The zero-order chi connectivity index (χ0) is 10.4. The molecule has 2 unspecified atom stereocenters. The second-order valence-corrected chi connectivity index (χ2v) is 4.93. The highest BCUT2D eigenvalue weighted by molar-refractivity contribution is 7.99. The molecule has 2 atom stereocenters. The molecule has 1 saturated carbocycles. The predicted molar refractivity (Wildman–Crippen MR) is 61.6 cm³/mol. The Morgan fingerprint density at radius 3 is 2.86 bits per heavy atom. The second-order valence-electron chi connectivity index (χ2n) is 3.79. The topological polar surface area (TPSA) is 41.1 Å². The molecule has 0 spiro atoms. The highest BCUT2D eigenvalue weighted by Crippen LogP contribution is 2.27. The van der Waals surface area contributed by atoms with Crippen LogP contribution in [0, 0.1) is 0 Å². The Morgan fingerprint density at radius 1 is 1.50 bits per heavy atom. The molecule has 0 saturated heterocycles. The lowest BCUT2D eigenvalue weighted by Crippen LogP contribution is -2.34. The maximum absolute atomic E-state index is 11.4. The Labute approximate surface area is 90.4 Å². The average molecular weight is 216 g/mol. The number of carbonyl (C=O) groups is 1. The summed E-state index contributed by atoms with van der Waals surface area (Å²) in [7, 11) is 1.87. The quantitative estimate of drug-likeness (QED) is 0.720. The molecule has 1 fully saturated rings. The summed E-state index contributed by atoms with van der Waals surface area (Å²) in [5.41, 5.74) is 0. The van der Waals surface area contributed by atoms with Gasteiger partial charge in [0.05, 0.1) is 0 Å². The molecule has 1 aliphatic carbocycles. The van der Waals surface area contributed by atoms with Crippen molar-refractivity contribution in [1.82, 2.24) is 10.6 Å². The smallest absolute Gasteiger partial charge is 0.221 e. The maximum atomic E-state index is 11.4. The maximum Gasteiger partial charge on any atom is 0.221 e. The minimum Gasteiger partial charge on any atom is -0.353 e. The third kappa shape index (κ3) is 3.88. The monoisotopic (exact) mass is 216 g/mol. The van der Waals surface area contributed by atoms with E-state index >= 15 is 0 Å². The van der Waals surface area contributed by atoms with Gasteiger partial charge in [0.2, 0.25) is 5.91 Å². The summed E-state index contributed by atoms with van der Waals surface area (Å²) in [5, 5.41) is 6.82. The van der Waals surface area contributed by atoms with Gasteiger partial charge in [0.15, 0.2) is 0 Å². The van der Waals surface area contributed by atoms with Crippen molar-refractivity contribution in [1.29, 1.82) is 0 Å². The number of nitrogens with one attached hydrogen (secondary N) is 2. The fraction of sp³-hybridized carbons (Fsp3) is 0.900. The molecule has 82 valence electrons. The van der Waals surface area contributed by atoms with E-state index in [1.54, 1.807) is 0 Å². The third-order valence-electron chi connectivity index (χ3n) is 2.69. The summed E-state index contributed by atoms with van der Waals surface area (Å²) in [4.78, 5) is 11.4. The fourth-order valence-electron chi connectivity index (χ4n) is 1.82. The zero-order valence-electron chi connectivity index (χ0n) is 9.01. The van der Waals surface area contributed by atoms with Crippen molar-refractivity contribution in [3.8, 4) is 0 Å². The summed E-state index contributed by atoms with van der Waals surface area (Å²) in [6, 6.07) is 0.428. The first-order valence-electron chi connectivity index (χ1n) is 5.23. The van der Waals surface area contributed by atoms with Crippen molar-refractivity contribution >= 4 is 17.7 Å². The molecule has 0 radical (unpaired) electrons. The molecule has 2 N–H and O–H groups in total. The molecule has 1 aliphatic rings. The van der Waals surface area contributed by atoms with Crippen LogP contribution in [0.1, 0.15) is 25.7 Å². The van der Waals surface area contributed by atoms with Crippen molar-refractivity contribution < 1.29 is 4.79 Å². The van der Waals surface area contributed by atoms with Crippen molar-refractivity contribution in [2.45, 2.75) is 37.0 Å². The molecule has 0 aromatic rings. The minimum atomic E-state index is 0.186. The zero-order valence-corrected chi connectivity index (χ0v) is 9.82. The molecule has 0 bridgehead atoms. The molecule has 0 aromatic heterocycles. The molecular formula is C10H20N2OS. The van der Waals surface area contributed by atoms with E-state index in [1.165, 1.54) is 6.42 Å². The van der Waals surface area contributed by atoms with Crippen LogP contribution in [-0.4, -0.2) is 37.0 Å². The van der Waals surface area contributed by atoms with E-state index in [9.17, 15) is 4.79 Å². The van der Waals surface area contributed by atoms with Crippen molar-refractivity contribution in [2.24, 2.45) is 0 Å². The van der Waals surface area contributed by atoms with Crippen LogP contribution < -0.4 is 10.6 Å². The van der Waals surface area contributed by atoms with Gasteiger partial charge in [0.1, 0.15) is 0 Å². The van der Waals surface area contributed by atoms with Gasteiger partial charge in [-0.25, -0.2) is 0 Å². The number of carbonyl (C=O) groups excluding carboxylic acids is 1. The minimum absolute atomic E-state index is 0.186. The summed E-state index contributed by atoms with van der Waals surface area (Å²) < 4.78 is 0. The molecule has 3 nitrogen and oxygen atoms in total. The van der Waals surface area contributed by atoms with Crippen molar-refractivity contribution in [3.05, 3.63) is 0 Å².